The molecule has 0 saturated carbocycles. The first-order valence-corrected chi connectivity index (χ1v) is 8.14. The summed E-state index contributed by atoms with van der Waals surface area (Å²) in [6.07, 6.45) is 0.230. The maximum Gasteiger partial charge on any atom is 0.336 e. The average molecular weight is 315 g/mol. The first-order valence-electron chi connectivity index (χ1n) is 6.70. The minimum absolute atomic E-state index is 0.00232. The van der Waals surface area contributed by atoms with Crippen molar-refractivity contribution in [2.75, 3.05) is 13.6 Å². The van der Waals surface area contributed by atoms with Gasteiger partial charge in [-0.25, -0.2) is 17.5 Å². The molecule has 0 aromatic heterocycles. The Kier molecular flexibility index (Phi) is 5.88. The first-order chi connectivity index (χ1) is 9.70. The molecule has 0 aliphatic carbocycles. The molecule has 0 bridgehead atoms. The van der Waals surface area contributed by atoms with E-state index in [1.807, 2.05) is 6.92 Å². The zero-order valence-electron chi connectivity index (χ0n) is 12.4. The minimum atomic E-state index is -3.76. The predicted molar refractivity (Wildman–Crippen MR) is 78.9 cm³/mol. The molecule has 6 nitrogen and oxygen atoms in total. The van der Waals surface area contributed by atoms with Crippen molar-refractivity contribution in [1.29, 1.82) is 0 Å². The zero-order chi connectivity index (χ0) is 16.2. The molecule has 2 N–H and O–H groups in total. The van der Waals surface area contributed by atoms with Gasteiger partial charge in [0.2, 0.25) is 10.0 Å². The number of benzene rings is 1. The smallest absolute Gasteiger partial charge is 0.336 e. The zero-order valence-corrected chi connectivity index (χ0v) is 13.2. The second-order valence-electron chi connectivity index (χ2n) is 4.94. The Labute approximate surface area is 125 Å². The second kappa shape index (κ2) is 7.02. The summed E-state index contributed by atoms with van der Waals surface area (Å²) < 4.78 is 25.9. The highest BCUT2D eigenvalue weighted by molar-refractivity contribution is 7.89. The van der Waals surface area contributed by atoms with Crippen LogP contribution in [0.5, 0.6) is 0 Å². The fourth-order valence-corrected chi connectivity index (χ4v) is 3.10. The van der Waals surface area contributed by atoms with Crippen molar-refractivity contribution < 1.29 is 23.4 Å². The lowest BCUT2D eigenvalue weighted by atomic mass is 10.1. The summed E-state index contributed by atoms with van der Waals surface area (Å²) in [5.74, 6) is -1.14. The van der Waals surface area contributed by atoms with Crippen molar-refractivity contribution in [3.05, 3.63) is 29.3 Å². The summed E-state index contributed by atoms with van der Waals surface area (Å²) in [6.45, 7) is 3.56. The van der Waals surface area contributed by atoms with Crippen molar-refractivity contribution in [2.45, 2.75) is 37.7 Å². The number of hydrogen-bond acceptors (Lipinski definition) is 4. The fourth-order valence-electron chi connectivity index (χ4n) is 1.89. The summed E-state index contributed by atoms with van der Waals surface area (Å²) in [7, 11) is -2.35. The monoisotopic (exact) mass is 315 g/mol. The Bertz CT molecular complexity index is 610. The van der Waals surface area contributed by atoms with Gasteiger partial charge < -0.3 is 10.2 Å². The van der Waals surface area contributed by atoms with E-state index >= 15 is 0 Å². The average Bonchev–Trinajstić information content (AvgIpc) is 2.43. The van der Waals surface area contributed by atoms with Crippen molar-refractivity contribution in [1.82, 2.24) is 4.31 Å². The lowest BCUT2D eigenvalue weighted by Gasteiger charge is -2.18. The quantitative estimate of drug-likeness (QED) is 0.791. The Morgan fingerprint density at radius 2 is 2.00 bits per heavy atom. The maximum absolute atomic E-state index is 12.4. The molecule has 0 radical (unpaired) electrons. The van der Waals surface area contributed by atoms with Crippen LogP contribution >= 0.6 is 0 Å². The Morgan fingerprint density at radius 1 is 1.38 bits per heavy atom. The van der Waals surface area contributed by atoms with Crippen molar-refractivity contribution in [3.8, 4) is 0 Å². The number of nitrogens with zero attached hydrogens (tertiary/aromatic N) is 1. The lowest BCUT2D eigenvalue weighted by molar-refractivity contribution is 0.0695. The lowest BCUT2D eigenvalue weighted by Crippen LogP contribution is -2.29. The van der Waals surface area contributed by atoms with Crippen LogP contribution in [0, 0.1) is 0 Å². The molecule has 1 unspecified atom stereocenters. The number of aliphatic hydroxyl groups excluding tert-OH is 1. The first kappa shape index (κ1) is 17.6. The number of aliphatic hydroxyl groups is 1. The van der Waals surface area contributed by atoms with Crippen LogP contribution in [0.2, 0.25) is 0 Å². The molecule has 0 amide bonds. The van der Waals surface area contributed by atoms with Gasteiger partial charge in [-0.3, -0.25) is 0 Å². The third kappa shape index (κ3) is 4.26. The van der Waals surface area contributed by atoms with Gasteiger partial charge in [0, 0.05) is 13.6 Å². The van der Waals surface area contributed by atoms with Gasteiger partial charge in [-0.15, -0.1) is 0 Å². The van der Waals surface area contributed by atoms with Gasteiger partial charge in [-0.05, 0) is 37.5 Å². The number of carboxylic acids is 1. The van der Waals surface area contributed by atoms with Crippen LogP contribution in [0.1, 0.15) is 36.2 Å². The van der Waals surface area contributed by atoms with Gasteiger partial charge in [0.1, 0.15) is 0 Å². The SMILES string of the molecule is CCc1ccc(S(=O)(=O)N(C)CCC(C)O)cc1C(=O)O. The third-order valence-electron chi connectivity index (χ3n) is 3.26. The molecule has 0 aliphatic rings. The molecule has 1 aromatic carbocycles. The number of aromatic carboxylic acids is 1. The largest absolute Gasteiger partial charge is 0.478 e. The number of carbonyl (C=O) groups is 1. The highest BCUT2D eigenvalue weighted by Crippen LogP contribution is 2.20. The Balaban J connectivity index is 3.14. The van der Waals surface area contributed by atoms with E-state index in [2.05, 4.69) is 0 Å². The summed E-state index contributed by atoms with van der Waals surface area (Å²) in [6, 6.07) is 4.13. The highest BCUT2D eigenvalue weighted by atomic mass is 32.2. The van der Waals surface area contributed by atoms with Gasteiger partial charge in [-0.1, -0.05) is 13.0 Å². The molecule has 0 fully saturated rings. The van der Waals surface area contributed by atoms with Crippen LogP contribution in [-0.2, 0) is 16.4 Å². The van der Waals surface area contributed by atoms with E-state index < -0.39 is 22.1 Å². The van der Waals surface area contributed by atoms with Gasteiger partial charge in [0.05, 0.1) is 16.6 Å². The number of aryl methyl sites for hydroxylation is 1. The standard InChI is InChI=1S/C14H21NO5S/c1-4-11-5-6-12(9-13(11)14(17)18)21(19,20)15(3)8-7-10(2)16/h5-6,9-10,16H,4,7-8H2,1-3H3,(H,17,18). The van der Waals surface area contributed by atoms with Crippen molar-refractivity contribution in [2.24, 2.45) is 0 Å². The highest BCUT2D eigenvalue weighted by Gasteiger charge is 2.23. The Hall–Kier alpha value is -1.44. The van der Waals surface area contributed by atoms with Crippen LogP contribution in [-0.4, -0.2) is 48.6 Å². The molecule has 1 rings (SSSR count). The molecular weight excluding hydrogens is 294 g/mol. The van der Waals surface area contributed by atoms with Crippen LogP contribution < -0.4 is 0 Å². The third-order valence-corrected chi connectivity index (χ3v) is 5.12. The van der Waals surface area contributed by atoms with Crippen molar-refractivity contribution in [3.63, 3.8) is 0 Å². The fraction of sp³-hybridized carbons (Fsp3) is 0.500. The summed E-state index contributed by atoms with van der Waals surface area (Å²) in [4.78, 5) is 11.2. The topological polar surface area (TPSA) is 94.9 Å². The molecule has 1 atom stereocenters. The molecule has 1 aromatic rings. The van der Waals surface area contributed by atoms with Crippen LogP contribution in [0.25, 0.3) is 0 Å². The van der Waals surface area contributed by atoms with Crippen LogP contribution in [0.4, 0.5) is 0 Å². The number of rotatable bonds is 7. The molecule has 7 heteroatoms. The Morgan fingerprint density at radius 3 is 2.48 bits per heavy atom. The van der Waals surface area contributed by atoms with Gasteiger partial charge in [0.25, 0.3) is 0 Å². The summed E-state index contributed by atoms with van der Waals surface area (Å²) >= 11 is 0. The van der Waals surface area contributed by atoms with E-state index in [0.717, 1.165) is 4.31 Å². The van der Waals surface area contributed by atoms with Gasteiger partial charge in [-0.2, -0.15) is 0 Å². The maximum atomic E-state index is 12.4. The van der Waals surface area contributed by atoms with E-state index in [0.29, 0.717) is 18.4 Å². The predicted octanol–water partition coefficient (Wildman–Crippen LogP) is 1.34. The van der Waals surface area contributed by atoms with E-state index in [4.69, 9.17) is 5.11 Å². The second-order valence-corrected chi connectivity index (χ2v) is 6.99. The molecule has 0 spiro atoms. The molecule has 0 heterocycles. The number of sulfonamides is 1. The van der Waals surface area contributed by atoms with E-state index in [-0.39, 0.29) is 17.0 Å². The van der Waals surface area contributed by atoms with Crippen LogP contribution in [0.3, 0.4) is 0 Å². The summed E-state index contributed by atoms with van der Waals surface area (Å²) in [5, 5.41) is 18.4. The molecule has 21 heavy (non-hydrogen) atoms. The molecule has 0 saturated heterocycles. The van der Waals surface area contributed by atoms with E-state index in [9.17, 15) is 18.3 Å². The van der Waals surface area contributed by atoms with Gasteiger partial charge >= 0.3 is 5.97 Å². The minimum Gasteiger partial charge on any atom is -0.478 e. The van der Waals surface area contributed by atoms with Crippen LogP contribution in [0.15, 0.2) is 23.1 Å². The number of hydrogen-bond donors (Lipinski definition) is 2. The van der Waals surface area contributed by atoms with E-state index in [1.54, 1.807) is 6.92 Å². The van der Waals surface area contributed by atoms with Crippen molar-refractivity contribution >= 4 is 16.0 Å². The van der Waals surface area contributed by atoms with E-state index in [1.165, 1.54) is 25.2 Å². The van der Waals surface area contributed by atoms with Gasteiger partial charge in [0.15, 0.2) is 0 Å². The molecule has 118 valence electrons. The molecular formula is C14H21NO5S. The number of carboxylic acid groups (broad SMARTS) is 1. The molecule has 0 aliphatic heterocycles. The summed E-state index contributed by atoms with van der Waals surface area (Å²) in [5.41, 5.74) is 0.593. The normalized spacial score (nSPS) is 13.4.